The number of H-pyrrole nitrogens is 1. The van der Waals surface area contributed by atoms with E-state index in [0.29, 0.717) is 27.2 Å². The van der Waals surface area contributed by atoms with Gasteiger partial charge in [0.15, 0.2) is 0 Å². The summed E-state index contributed by atoms with van der Waals surface area (Å²) < 4.78 is 1.53. The van der Waals surface area contributed by atoms with Crippen LogP contribution < -0.4 is 10.9 Å². The van der Waals surface area contributed by atoms with Crippen LogP contribution in [0.4, 0.5) is 4.79 Å². The first kappa shape index (κ1) is 15.0. The Hall–Kier alpha value is -2.87. The number of hydrogen-bond acceptors (Lipinski definition) is 4. The lowest BCUT2D eigenvalue weighted by atomic mass is 10.0. The molecule has 2 heterocycles. The fraction of sp³-hybridized carbons (Fsp3) is 0.143. The number of nitrogens with zero attached hydrogens (tertiary/aromatic N) is 3. The van der Waals surface area contributed by atoms with E-state index in [4.69, 9.17) is 16.7 Å². The van der Waals surface area contributed by atoms with Gasteiger partial charge < -0.3 is 10.4 Å². The molecule has 1 aromatic carbocycles. The molecule has 3 N–H and O–H groups in total. The molecular weight excluding hydrogens is 322 g/mol. The minimum Gasteiger partial charge on any atom is -0.465 e. The third-order valence-corrected chi connectivity index (χ3v) is 3.90. The molecular formula is C14H12ClN5O3. The van der Waals surface area contributed by atoms with Gasteiger partial charge in [0.05, 0.1) is 23.8 Å². The summed E-state index contributed by atoms with van der Waals surface area (Å²) >= 11 is 6.20. The van der Waals surface area contributed by atoms with Crippen molar-refractivity contribution in [2.24, 2.45) is 7.05 Å². The fourth-order valence-corrected chi connectivity index (χ4v) is 2.50. The van der Waals surface area contributed by atoms with E-state index >= 15 is 0 Å². The summed E-state index contributed by atoms with van der Waals surface area (Å²) in [5, 5.41) is 22.8. The summed E-state index contributed by atoms with van der Waals surface area (Å²) in [5.74, 6) is 0. The molecule has 0 unspecified atom stereocenters. The van der Waals surface area contributed by atoms with Crippen LogP contribution in [0.3, 0.4) is 0 Å². The molecule has 9 heteroatoms. The zero-order chi connectivity index (χ0) is 16.6. The number of amides is 1. The van der Waals surface area contributed by atoms with Crippen molar-refractivity contribution in [1.29, 1.82) is 0 Å². The standard InChI is InChI=1S/C14H12ClN5O3/c1-20-12(15)10(5-17-20)7-2-3-8-9(4-7)11(6-16-14(22)23)18-19-13(8)21/h2-5,16H,6H2,1H3,(H,19,21)(H,22,23). The minimum atomic E-state index is -1.17. The molecule has 1 amide bonds. The van der Waals surface area contributed by atoms with Gasteiger partial charge in [0.2, 0.25) is 0 Å². The van der Waals surface area contributed by atoms with Crippen molar-refractivity contribution in [1.82, 2.24) is 25.3 Å². The SMILES string of the molecule is Cn1ncc(-c2ccc3c(=O)[nH]nc(CNC(=O)O)c3c2)c1Cl. The number of hydrogen-bond donors (Lipinski definition) is 3. The van der Waals surface area contributed by atoms with E-state index in [-0.39, 0.29) is 12.1 Å². The van der Waals surface area contributed by atoms with Crippen molar-refractivity contribution >= 4 is 28.5 Å². The molecule has 23 heavy (non-hydrogen) atoms. The Morgan fingerprint density at radius 1 is 1.43 bits per heavy atom. The lowest BCUT2D eigenvalue weighted by Crippen LogP contribution is -2.22. The van der Waals surface area contributed by atoms with Gasteiger partial charge in [-0.15, -0.1) is 0 Å². The Balaban J connectivity index is 2.17. The van der Waals surface area contributed by atoms with Crippen LogP contribution in [-0.2, 0) is 13.6 Å². The molecule has 0 bridgehead atoms. The molecule has 0 atom stereocenters. The number of rotatable bonds is 3. The van der Waals surface area contributed by atoms with Crippen LogP contribution in [0.15, 0.2) is 29.2 Å². The lowest BCUT2D eigenvalue weighted by molar-refractivity contribution is 0.194. The second kappa shape index (κ2) is 5.73. The number of halogens is 1. The maximum atomic E-state index is 11.9. The highest BCUT2D eigenvalue weighted by Crippen LogP contribution is 2.29. The fourth-order valence-electron chi connectivity index (χ4n) is 2.30. The van der Waals surface area contributed by atoms with Gasteiger partial charge in [-0.2, -0.15) is 10.2 Å². The van der Waals surface area contributed by atoms with Crippen LogP contribution >= 0.6 is 11.6 Å². The lowest BCUT2D eigenvalue weighted by Gasteiger charge is -2.07. The minimum absolute atomic E-state index is 0.0210. The number of aromatic nitrogens is 4. The van der Waals surface area contributed by atoms with Gasteiger partial charge in [-0.1, -0.05) is 17.7 Å². The Morgan fingerprint density at radius 2 is 2.22 bits per heavy atom. The summed E-state index contributed by atoms with van der Waals surface area (Å²) in [6, 6.07) is 5.16. The number of benzene rings is 1. The summed E-state index contributed by atoms with van der Waals surface area (Å²) in [4.78, 5) is 22.6. The third-order valence-electron chi connectivity index (χ3n) is 3.45. The van der Waals surface area contributed by atoms with Crippen molar-refractivity contribution in [3.05, 3.63) is 45.6 Å². The molecule has 0 aliphatic heterocycles. The van der Waals surface area contributed by atoms with Gasteiger partial charge in [0.25, 0.3) is 5.56 Å². The first-order chi connectivity index (χ1) is 11.0. The molecule has 0 saturated heterocycles. The summed E-state index contributed by atoms with van der Waals surface area (Å²) in [6.07, 6.45) is 0.455. The van der Waals surface area contributed by atoms with Gasteiger partial charge in [-0.05, 0) is 17.7 Å². The van der Waals surface area contributed by atoms with Gasteiger partial charge in [0.1, 0.15) is 5.15 Å². The van der Waals surface area contributed by atoms with Crippen LogP contribution in [0, 0.1) is 0 Å². The van der Waals surface area contributed by atoms with Crippen molar-refractivity contribution in [2.75, 3.05) is 0 Å². The normalized spacial score (nSPS) is 10.9. The number of aryl methyl sites for hydroxylation is 1. The summed E-state index contributed by atoms with van der Waals surface area (Å²) in [5.41, 5.74) is 1.56. The van der Waals surface area contributed by atoms with Crippen molar-refractivity contribution in [3.8, 4) is 11.1 Å². The predicted molar refractivity (Wildman–Crippen MR) is 84.4 cm³/mol. The monoisotopic (exact) mass is 333 g/mol. The van der Waals surface area contributed by atoms with Crippen LogP contribution in [0.25, 0.3) is 21.9 Å². The van der Waals surface area contributed by atoms with E-state index in [9.17, 15) is 9.59 Å². The van der Waals surface area contributed by atoms with E-state index in [0.717, 1.165) is 5.56 Å². The highest BCUT2D eigenvalue weighted by Gasteiger charge is 2.12. The Morgan fingerprint density at radius 3 is 2.87 bits per heavy atom. The highest BCUT2D eigenvalue weighted by molar-refractivity contribution is 6.32. The topological polar surface area (TPSA) is 113 Å². The van der Waals surface area contributed by atoms with Crippen LogP contribution in [0.2, 0.25) is 5.15 Å². The van der Waals surface area contributed by atoms with Crippen molar-refractivity contribution < 1.29 is 9.90 Å². The maximum Gasteiger partial charge on any atom is 0.404 e. The van der Waals surface area contributed by atoms with E-state index in [1.165, 1.54) is 4.68 Å². The van der Waals surface area contributed by atoms with Crippen LogP contribution in [0.5, 0.6) is 0 Å². The molecule has 2 aromatic heterocycles. The molecule has 3 rings (SSSR count). The average Bonchev–Trinajstić information content (AvgIpc) is 2.86. The number of nitrogens with one attached hydrogen (secondary N) is 2. The predicted octanol–water partition coefficient (Wildman–Crippen LogP) is 1.74. The number of fused-ring (bicyclic) bond motifs is 1. The zero-order valence-corrected chi connectivity index (χ0v) is 12.8. The van der Waals surface area contributed by atoms with E-state index in [1.807, 2.05) is 0 Å². The van der Waals surface area contributed by atoms with Gasteiger partial charge in [0, 0.05) is 18.0 Å². The highest BCUT2D eigenvalue weighted by atomic mass is 35.5. The molecule has 0 aliphatic carbocycles. The molecule has 0 radical (unpaired) electrons. The van der Waals surface area contributed by atoms with E-state index < -0.39 is 6.09 Å². The van der Waals surface area contributed by atoms with Crippen LogP contribution in [-0.4, -0.2) is 31.2 Å². The summed E-state index contributed by atoms with van der Waals surface area (Å²) in [7, 11) is 1.72. The van der Waals surface area contributed by atoms with E-state index in [1.54, 1.807) is 31.4 Å². The molecule has 118 valence electrons. The molecule has 3 aromatic rings. The van der Waals surface area contributed by atoms with Gasteiger partial charge in [-0.25, -0.2) is 9.89 Å². The molecule has 0 spiro atoms. The number of aromatic amines is 1. The third kappa shape index (κ3) is 2.76. The smallest absolute Gasteiger partial charge is 0.404 e. The molecule has 0 fully saturated rings. The largest absolute Gasteiger partial charge is 0.465 e. The second-order valence-corrected chi connectivity index (χ2v) is 5.25. The summed E-state index contributed by atoms with van der Waals surface area (Å²) in [6.45, 7) is -0.0210. The quantitative estimate of drug-likeness (QED) is 0.675. The Kier molecular flexibility index (Phi) is 3.75. The Labute approximate surface area is 134 Å². The first-order valence-corrected chi connectivity index (χ1v) is 7.01. The maximum absolute atomic E-state index is 11.9. The number of carbonyl (C=O) groups is 1. The van der Waals surface area contributed by atoms with Crippen molar-refractivity contribution in [2.45, 2.75) is 6.54 Å². The second-order valence-electron chi connectivity index (χ2n) is 4.89. The van der Waals surface area contributed by atoms with Crippen LogP contribution in [0.1, 0.15) is 5.69 Å². The first-order valence-electron chi connectivity index (χ1n) is 6.63. The van der Waals surface area contributed by atoms with Crippen molar-refractivity contribution in [3.63, 3.8) is 0 Å². The Bertz CT molecular complexity index is 963. The molecule has 0 saturated carbocycles. The van der Waals surface area contributed by atoms with Gasteiger partial charge in [-0.3, -0.25) is 9.48 Å². The number of carboxylic acid groups (broad SMARTS) is 1. The van der Waals surface area contributed by atoms with Gasteiger partial charge >= 0.3 is 6.09 Å². The molecule has 0 aliphatic rings. The average molecular weight is 334 g/mol. The zero-order valence-electron chi connectivity index (χ0n) is 12.0. The molecule has 8 nitrogen and oxygen atoms in total. The van der Waals surface area contributed by atoms with E-state index in [2.05, 4.69) is 20.6 Å².